The minimum absolute atomic E-state index is 0.289. The van der Waals surface area contributed by atoms with E-state index in [9.17, 15) is 4.79 Å². The fourth-order valence-corrected chi connectivity index (χ4v) is 2.38. The highest BCUT2D eigenvalue weighted by molar-refractivity contribution is 5.83. The molecule has 102 valence electrons. The summed E-state index contributed by atoms with van der Waals surface area (Å²) in [5.41, 5.74) is 2.50. The van der Waals surface area contributed by atoms with Gasteiger partial charge in [0.2, 0.25) is 0 Å². The Balaban J connectivity index is 2.39. The van der Waals surface area contributed by atoms with Gasteiger partial charge in [-0.1, -0.05) is 12.1 Å². The summed E-state index contributed by atoms with van der Waals surface area (Å²) >= 11 is 0. The smallest absolute Gasteiger partial charge is 0.292 e. The maximum absolute atomic E-state index is 11.9. The van der Waals surface area contributed by atoms with E-state index >= 15 is 0 Å². The number of para-hydroxylation sites is 2. The molecule has 6 nitrogen and oxygen atoms in total. The van der Waals surface area contributed by atoms with Crippen molar-refractivity contribution < 1.29 is 4.74 Å². The minimum Gasteiger partial charge on any atom is -0.494 e. The van der Waals surface area contributed by atoms with Gasteiger partial charge < -0.3 is 4.74 Å². The summed E-state index contributed by atoms with van der Waals surface area (Å²) in [6.45, 7) is 3.76. The molecule has 0 radical (unpaired) electrons. The first-order valence-corrected chi connectivity index (χ1v) is 6.21. The molecule has 0 spiro atoms. The highest BCUT2D eigenvalue weighted by atomic mass is 16.5. The molecule has 0 amide bonds. The number of methoxy groups -OCH3 is 1. The second-order valence-electron chi connectivity index (χ2n) is 4.53. The average Bonchev–Trinajstić information content (AvgIpc) is 2.82. The fraction of sp³-hybridized carbons (Fsp3) is 0.214. The highest BCUT2D eigenvalue weighted by Crippen LogP contribution is 2.26. The molecule has 0 saturated heterocycles. The lowest BCUT2D eigenvalue weighted by Crippen LogP contribution is -2.09. The summed E-state index contributed by atoms with van der Waals surface area (Å²) in [5, 5.41) is 11.6. The molecule has 1 N–H and O–H groups in total. The summed E-state index contributed by atoms with van der Waals surface area (Å²) in [4.78, 5) is 11.9. The maximum Gasteiger partial charge on any atom is 0.292 e. The lowest BCUT2D eigenvalue weighted by Gasteiger charge is -2.09. The van der Waals surface area contributed by atoms with Crippen LogP contribution in [0.5, 0.6) is 5.75 Å². The van der Waals surface area contributed by atoms with E-state index in [1.54, 1.807) is 11.8 Å². The van der Waals surface area contributed by atoms with Crippen LogP contribution in [0, 0.1) is 13.8 Å². The Labute approximate surface area is 115 Å². The van der Waals surface area contributed by atoms with Crippen LogP contribution < -0.4 is 10.3 Å². The van der Waals surface area contributed by atoms with Crippen LogP contribution in [0.1, 0.15) is 11.4 Å². The first-order chi connectivity index (χ1) is 9.63. The number of hydrogen-bond acceptors (Lipinski definition) is 4. The second-order valence-corrected chi connectivity index (χ2v) is 4.53. The van der Waals surface area contributed by atoms with Gasteiger partial charge in [-0.2, -0.15) is 10.2 Å². The van der Waals surface area contributed by atoms with Crippen LogP contribution in [0.4, 0.5) is 0 Å². The quantitative estimate of drug-likeness (QED) is 0.769. The van der Waals surface area contributed by atoms with Gasteiger partial charge in [0.15, 0.2) is 5.52 Å². The predicted octanol–water partition coefficient (Wildman–Crippen LogP) is 1.73. The van der Waals surface area contributed by atoms with E-state index < -0.39 is 0 Å². The number of aryl methyl sites for hydroxylation is 2. The van der Waals surface area contributed by atoms with E-state index in [0.717, 1.165) is 22.5 Å². The van der Waals surface area contributed by atoms with E-state index in [0.29, 0.717) is 11.3 Å². The summed E-state index contributed by atoms with van der Waals surface area (Å²) < 4.78 is 7.06. The zero-order chi connectivity index (χ0) is 14.3. The van der Waals surface area contributed by atoms with Gasteiger partial charge in [0, 0.05) is 0 Å². The van der Waals surface area contributed by atoms with Crippen molar-refractivity contribution in [3.8, 4) is 11.4 Å². The highest BCUT2D eigenvalue weighted by Gasteiger charge is 2.16. The predicted molar refractivity (Wildman–Crippen MR) is 75.5 cm³/mol. The van der Waals surface area contributed by atoms with Gasteiger partial charge in [-0.25, -0.2) is 9.78 Å². The Morgan fingerprint density at radius 1 is 1.25 bits per heavy atom. The number of nitrogens with zero attached hydrogens (tertiary/aromatic N) is 3. The third-order valence-corrected chi connectivity index (χ3v) is 3.33. The van der Waals surface area contributed by atoms with Crippen molar-refractivity contribution in [1.82, 2.24) is 20.0 Å². The van der Waals surface area contributed by atoms with Crippen LogP contribution in [0.15, 0.2) is 29.1 Å². The monoisotopic (exact) mass is 270 g/mol. The normalized spacial score (nSPS) is 10.9. The number of fused-ring (bicyclic) bond motifs is 1. The largest absolute Gasteiger partial charge is 0.494 e. The molecule has 0 saturated carbocycles. The molecule has 3 aromatic rings. The van der Waals surface area contributed by atoms with Crippen LogP contribution in [0.25, 0.3) is 16.6 Å². The molecule has 0 aliphatic rings. The molecule has 0 bridgehead atoms. The Morgan fingerprint density at radius 3 is 2.70 bits per heavy atom. The SMILES string of the molecule is COc1ccccc1-n1nc2c(=O)[nH]nc(C)c2c1C. The molecule has 0 fully saturated rings. The number of aromatic nitrogens is 4. The zero-order valence-electron chi connectivity index (χ0n) is 11.5. The molecule has 1 aromatic carbocycles. The van der Waals surface area contributed by atoms with Gasteiger partial charge in [0.25, 0.3) is 5.56 Å². The van der Waals surface area contributed by atoms with Gasteiger partial charge in [0.05, 0.1) is 23.9 Å². The summed E-state index contributed by atoms with van der Waals surface area (Å²) in [6, 6.07) is 7.55. The number of benzene rings is 1. The number of aromatic amines is 1. The van der Waals surface area contributed by atoms with Crippen molar-refractivity contribution in [2.24, 2.45) is 0 Å². The minimum atomic E-state index is -0.289. The number of hydrogen-bond donors (Lipinski definition) is 1. The third kappa shape index (κ3) is 1.69. The van der Waals surface area contributed by atoms with Crippen LogP contribution in [0.2, 0.25) is 0 Å². The maximum atomic E-state index is 11.9. The van der Waals surface area contributed by atoms with Crippen LogP contribution >= 0.6 is 0 Å². The number of H-pyrrole nitrogens is 1. The molecule has 0 atom stereocenters. The van der Waals surface area contributed by atoms with Crippen LogP contribution in [0.3, 0.4) is 0 Å². The zero-order valence-corrected chi connectivity index (χ0v) is 11.5. The number of nitrogens with one attached hydrogen (secondary N) is 1. The van der Waals surface area contributed by atoms with Crippen molar-refractivity contribution >= 4 is 10.9 Å². The van der Waals surface area contributed by atoms with E-state index in [4.69, 9.17) is 4.74 Å². The Morgan fingerprint density at radius 2 is 2.00 bits per heavy atom. The molecule has 6 heteroatoms. The molecule has 0 unspecified atom stereocenters. The Bertz CT molecular complexity index is 848. The van der Waals surface area contributed by atoms with E-state index in [2.05, 4.69) is 15.3 Å². The van der Waals surface area contributed by atoms with E-state index in [1.807, 2.05) is 38.1 Å². The number of ether oxygens (including phenoxy) is 1. The van der Waals surface area contributed by atoms with Gasteiger partial charge >= 0.3 is 0 Å². The standard InChI is InChI=1S/C14H14N4O2/c1-8-12-9(2)18(17-13(12)14(19)16-15-8)10-6-4-5-7-11(10)20-3/h4-7H,1-3H3,(H,16,19). The topological polar surface area (TPSA) is 72.8 Å². The lowest BCUT2D eigenvalue weighted by molar-refractivity contribution is 0.411. The molecular weight excluding hydrogens is 256 g/mol. The summed E-state index contributed by atoms with van der Waals surface area (Å²) in [6.07, 6.45) is 0. The molecule has 2 heterocycles. The summed E-state index contributed by atoms with van der Waals surface area (Å²) in [7, 11) is 1.61. The summed E-state index contributed by atoms with van der Waals surface area (Å²) in [5.74, 6) is 0.699. The molecule has 0 aliphatic carbocycles. The van der Waals surface area contributed by atoms with Crippen LogP contribution in [-0.4, -0.2) is 27.1 Å². The Hall–Kier alpha value is -2.63. The first kappa shape index (κ1) is 12.4. The molecule has 3 rings (SSSR count). The lowest BCUT2D eigenvalue weighted by atomic mass is 10.2. The van der Waals surface area contributed by atoms with Crippen molar-refractivity contribution in [2.45, 2.75) is 13.8 Å². The van der Waals surface area contributed by atoms with Gasteiger partial charge in [-0.15, -0.1) is 0 Å². The van der Waals surface area contributed by atoms with Crippen molar-refractivity contribution in [3.05, 3.63) is 46.0 Å². The second kappa shape index (κ2) is 4.48. The molecule has 0 aliphatic heterocycles. The average molecular weight is 270 g/mol. The van der Waals surface area contributed by atoms with Crippen molar-refractivity contribution in [3.63, 3.8) is 0 Å². The van der Waals surface area contributed by atoms with Gasteiger partial charge in [-0.3, -0.25) is 4.79 Å². The Kier molecular flexibility index (Phi) is 2.78. The van der Waals surface area contributed by atoms with Gasteiger partial charge in [-0.05, 0) is 26.0 Å². The van der Waals surface area contributed by atoms with Crippen molar-refractivity contribution in [1.29, 1.82) is 0 Å². The van der Waals surface area contributed by atoms with E-state index in [-0.39, 0.29) is 5.56 Å². The van der Waals surface area contributed by atoms with E-state index in [1.165, 1.54) is 0 Å². The number of rotatable bonds is 2. The van der Waals surface area contributed by atoms with Crippen molar-refractivity contribution in [2.75, 3.05) is 7.11 Å². The van der Waals surface area contributed by atoms with Crippen LogP contribution in [-0.2, 0) is 0 Å². The first-order valence-electron chi connectivity index (χ1n) is 6.21. The molecular formula is C14H14N4O2. The molecule has 2 aromatic heterocycles. The fourth-order valence-electron chi connectivity index (χ4n) is 2.38. The third-order valence-electron chi connectivity index (χ3n) is 3.33. The van der Waals surface area contributed by atoms with Gasteiger partial charge in [0.1, 0.15) is 11.4 Å². The molecule has 20 heavy (non-hydrogen) atoms.